The molecule has 4 N–H and O–H groups in total. The molecule has 0 bridgehead atoms. The normalized spacial score (nSPS) is 14.2. The minimum atomic E-state index is -0.985. The number of methoxy groups -OCH3 is 1. The number of carboxylic acid groups (broad SMARTS) is 1. The van der Waals surface area contributed by atoms with Crippen molar-refractivity contribution < 1.29 is 14.6 Å². The number of hydrogen-bond donors (Lipinski definition) is 3. The van der Waals surface area contributed by atoms with Gasteiger partial charge in [0.2, 0.25) is 0 Å². The molecule has 0 saturated heterocycles. The van der Waals surface area contributed by atoms with Crippen molar-refractivity contribution in [2.45, 2.75) is 12.1 Å². The van der Waals surface area contributed by atoms with Crippen LogP contribution in [0.3, 0.4) is 0 Å². The molecule has 5 heteroatoms. The zero-order valence-corrected chi connectivity index (χ0v) is 9.31. The van der Waals surface area contributed by atoms with Crippen LogP contribution in [0.25, 0.3) is 0 Å². The second-order valence-corrected chi connectivity index (χ2v) is 3.37. The number of nitrogens with two attached hydrogens (primary N) is 1. The summed E-state index contributed by atoms with van der Waals surface area (Å²) in [6.45, 7) is 0. The van der Waals surface area contributed by atoms with Crippen LogP contribution >= 0.6 is 0 Å². The standard InChI is InChI=1S/C11H16N2O3/c1-13-10(11(14)15)9(12)7-5-3-4-6-8(7)16-2/h3-6,9-10,13H,12H2,1-2H3,(H,14,15). The van der Waals surface area contributed by atoms with Gasteiger partial charge in [-0.05, 0) is 13.1 Å². The van der Waals surface area contributed by atoms with Crippen molar-refractivity contribution in [2.24, 2.45) is 5.73 Å². The lowest BCUT2D eigenvalue weighted by atomic mass is 9.99. The molecule has 88 valence electrons. The lowest BCUT2D eigenvalue weighted by molar-refractivity contribution is -0.139. The molecule has 2 atom stereocenters. The maximum atomic E-state index is 11.0. The van der Waals surface area contributed by atoms with E-state index >= 15 is 0 Å². The number of para-hydroxylation sites is 1. The number of rotatable bonds is 5. The predicted octanol–water partition coefficient (Wildman–Crippen LogP) is 0.368. The number of ether oxygens (including phenoxy) is 1. The van der Waals surface area contributed by atoms with Gasteiger partial charge in [-0.25, -0.2) is 0 Å². The van der Waals surface area contributed by atoms with Crippen molar-refractivity contribution in [2.75, 3.05) is 14.2 Å². The van der Waals surface area contributed by atoms with Gasteiger partial charge < -0.3 is 20.9 Å². The number of aliphatic carboxylic acids is 1. The van der Waals surface area contributed by atoms with Crippen LogP contribution in [-0.4, -0.2) is 31.3 Å². The Morgan fingerprint density at radius 2 is 2.12 bits per heavy atom. The molecule has 0 radical (unpaired) electrons. The van der Waals surface area contributed by atoms with E-state index in [4.69, 9.17) is 15.6 Å². The maximum absolute atomic E-state index is 11.0. The third-order valence-corrected chi connectivity index (χ3v) is 2.43. The second kappa shape index (κ2) is 5.48. The molecule has 1 aromatic carbocycles. The molecule has 0 aliphatic rings. The van der Waals surface area contributed by atoms with Crippen molar-refractivity contribution in [3.8, 4) is 5.75 Å². The Labute approximate surface area is 94.2 Å². The summed E-state index contributed by atoms with van der Waals surface area (Å²) in [7, 11) is 3.09. The highest BCUT2D eigenvalue weighted by atomic mass is 16.5. The van der Waals surface area contributed by atoms with Crippen LogP contribution in [-0.2, 0) is 4.79 Å². The Hall–Kier alpha value is -1.59. The Morgan fingerprint density at radius 1 is 1.50 bits per heavy atom. The lowest BCUT2D eigenvalue weighted by Gasteiger charge is -2.21. The molecule has 1 aromatic rings. The molecule has 2 unspecified atom stereocenters. The van der Waals surface area contributed by atoms with E-state index in [2.05, 4.69) is 5.32 Å². The van der Waals surface area contributed by atoms with E-state index in [1.54, 1.807) is 25.2 Å². The van der Waals surface area contributed by atoms with E-state index in [0.717, 1.165) is 0 Å². The zero-order chi connectivity index (χ0) is 12.1. The number of carboxylic acids is 1. The highest BCUT2D eigenvalue weighted by Crippen LogP contribution is 2.25. The van der Waals surface area contributed by atoms with E-state index < -0.39 is 18.1 Å². The van der Waals surface area contributed by atoms with Gasteiger partial charge in [0.15, 0.2) is 0 Å². The summed E-state index contributed by atoms with van der Waals surface area (Å²) in [6.07, 6.45) is 0. The van der Waals surface area contributed by atoms with Crippen LogP contribution in [0.15, 0.2) is 24.3 Å². The lowest BCUT2D eigenvalue weighted by Crippen LogP contribution is -2.43. The molecule has 1 rings (SSSR count). The maximum Gasteiger partial charge on any atom is 0.322 e. The van der Waals surface area contributed by atoms with E-state index in [0.29, 0.717) is 11.3 Å². The summed E-state index contributed by atoms with van der Waals surface area (Å²) >= 11 is 0. The SMILES string of the molecule is CNC(C(=O)O)C(N)c1ccccc1OC. The van der Waals surface area contributed by atoms with Gasteiger partial charge in [0.05, 0.1) is 13.2 Å². The fourth-order valence-electron chi connectivity index (χ4n) is 1.58. The predicted molar refractivity (Wildman–Crippen MR) is 60.4 cm³/mol. The smallest absolute Gasteiger partial charge is 0.322 e. The molecule has 0 aromatic heterocycles. The highest BCUT2D eigenvalue weighted by Gasteiger charge is 2.26. The zero-order valence-electron chi connectivity index (χ0n) is 9.31. The van der Waals surface area contributed by atoms with Gasteiger partial charge in [0.1, 0.15) is 11.8 Å². The molecular weight excluding hydrogens is 208 g/mol. The minimum absolute atomic E-state index is 0.594. The van der Waals surface area contributed by atoms with Gasteiger partial charge >= 0.3 is 5.97 Å². The largest absolute Gasteiger partial charge is 0.496 e. The third-order valence-electron chi connectivity index (χ3n) is 2.43. The van der Waals surface area contributed by atoms with Gasteiger partial charge in [-0.15, -0.1) is 0 Å². The molecule has 0 aliphatic heterocycles. The Bertz CT molecular complexity index is 368. The Kier molecular flexibility index (Phi) is 4.28. The fourth-order valence-corrected chi connectivity index (χ4v) is 1.58. The number of benzene rings is 1. The second-order valence-electron chi connectivity index (χ2n) is 3.37. The molecule has 0 amide bonds. The summed E-state index contributed by atoms with van der Waals surface area (Å²) in [5, 5.41) is 11.7. The first-order valence-electron chi connectivity index (χ1n) is 4.90. The fraction of sp³-hybridized carbons (Fsp3) is 0.364. The van der Waals surface area contributed by atoms with E-state index in [-0.39, 0.29) is 0 Å². The van der Waals surface area contributed by atoms with Crippen molar-refractivity contribution in [1.29, 1.82) is 0 Å². The molecule has 0 heterocycles. The van der Waals surface area contributed by atoms with Gasteiger partial charge in [-0.1, -0.05) is 18.2 Å². The monoisotopic (exact) mass is 224 g/mol. The molecule has 5 nitrogen and oxygen atoms in total. The number of hydrogen-bond acceptors (Lipinski definition) is 4. The Balaban J connectivity index is 3.02. The Morgan fingerprint density at radius 3 is 2.62 bits per heavy atom. The van der Waals surface area contributed by atoms with Gasteiger partial charge in [0, 0.05) is 5.56 Å². The van der Waals surface area contributed by atoms with Crippen molar-refractivity contribution in [3.05, 3.63) is 29.8 Å². The summed E-state index contributed by atoms with van der Waals surface area (Å²) in [5.74, 6) is -0.391. The molecule has 16 heavy (non-hydrogen) atoms. The molecule has 0 aliphatic carbocycles. The minimum Gasteiger partial charge on any atom is -0.496 e. The van der Waals surface area contributed by atoms with E-state index in [9.17, 15) is 4.79 Å². The first kappa shape index (κ1) is 12.5. The van der Waals surface area contributed by atoms with E-state index in [1.807, 2.05) is 6.07 Å². The average Bonchev–Trinajstić information content (AvgIpc) is 2.29. The van der Waals surface area contributed by atoms with Crippen molar-refractivity contribution >= 4 is 5.97 Å². The van der Waals surface area contributed by atoms with Gasteiger partial charge in [-0.3, -0.25) is 4.79 Å². The topological polar surface area (TPSA) is 84.6 Å². The van der Waals surface area contributed by atoms with Crippen LogP contribution in [0.1, 0.15) is 11.6 Å². The van der Waals surface area contributed by atoms with Crippen LogP contribution in [0, 0.1) is 0 Å². The first-order valence-corrected chi connectivity index (χ1v) is 4.90. The van der Waals surface area contributed by atoms with Crippen LogP contribution in [0.5, 0.6) is 5.75 Å². The summed E-state index contributed by atoms with van der Waals surface area (Å²) in [5.41, 5.74) is 6.58. The molecule has 0 saturated carbocycles. The van der Waals surface area contributed by atoms with Crippen LogP contribution < -0.4 is 15.8 Å². The summed E-state index contributed by atoms with van der Waals surface area (Å²) < 4.78 is 5.14. The summed E-state index contributed by atoms with van der Waals surface area (Å²) in [6, 6.07) is 5.63. The molecule has 0 fully saturated rings. The number of likely N-dealkylation sites (N-methyl/N-ethyl adjacent to an activating group) is 1. The average molecular weight is 224 g/mol. The van der Waals surface area contributed by atoms with Crippen LogP contribution in [0.4, 0.5) is 0 Å². The quantitative estimate of drug-likeness (QED) is 0.672. The highest BCUT2D eigenvalue weighted by molar-refractivity contribution is 5.75. The molecular formula is C11H16N2O3. The molecule has 0 spiro atoms. The van der Waals surface area contributed by atoms with Crippen molar-refractivity contribution in [3.63, 3.8) is 0 Å². The van der Waals surface area contributed by atoms with Crippen molar-refractivity contribution in [1.82, 2.24) is 5.32 Å². The van der Waals surface area contributed by atoms with E-state index in [1.165, 1.54) is 7.11 Å². The first-order chi connectivity index (χ1) is 7.61. The summed E-state index contributed by atoms with van der Waals surface area (Å²) in [4.78, 5) is 11.0. The van der Waals surface area contributed by atoms with Gasteiger partial charge in [-0.2, -0.15) is 0 Å². The van der Waals surface area contributed by atoms with Crippen LogP contribution in [0.2, 0.25) is 0 Å². The number of nitrogens with one attached hydrogen (secondary N) is 1. The number of carbonyl (C=O) groups is 1. The third kappa shape index (κ3) is 2.50. The van der Waals surface area contributed by atoms with Gasteiger partial charge in [0.25, 0.3) is 0 Å².